The molecule has 2 saturated heterocycles. The fraction of sp³-hybridized carbons (Fsp3) is 0.500. The third kappa shape index (κ3) is 4.10. The Balaban J connectivity index is 1.48. The van der Waals surface area contributed by atoms with E-state index in [2.05, 4.69) is 0 Å². The van der Waals surface area contributed by atoms with E-state index in [9.17, 15) is 14.4 Å². The Morgan fingerprint density at radius 3 is 2.36 bits per heavy atom. The molecule has 0 aromatic heterocycles. The summed E-state index contributed by atoms with van der Waals surface area (Å²) < 4.78 is 5.55. The van der Waals surface area contributed by atoms with E-state index in [1.807, 2.05) is 12.1 Å². The maximum absolute atomic E-state index is 12.2. The number of anilines is 1. The maximum Gasteiger partial charge on any atom is 0.260 e. The monoisotopic (exact) mass is 345 g/mol. The van der Waals surface area contributed by atoms with Crippen LogP contribution >= 0.6 is 0 Å². The number of piperidine rings is 1. The van der Waals surface area contributed by atoms with Gasteiger partial charge in [-0.3, -0.25) is 14.4 Å². The summed E-state index contributed by atoms with van der Waals surface area (Å²) >= 11 is 0. The van der Waals surface area contributed by atoms with Gasteiger partial charge >= 0.3 is 0 Å². The second-order valence-electron chi connectivity index (χ2n) is 6.49. The number of hydrogen-bond donors (Lipinski definition) is 1. The second-order valence-corrected chi connectivity index (χ2v) is 6.49. The molecule has 25 heavy (non-hydrogen) atoms. The highest BCUT2D eigenvalue weighted by molar-refractivity contribution is 5.95. The van der Waals surface area contributed by atoms with Gasteiger partial charge in [0.15, 0.2) is 6.61 Å². The molecule has 1 aromatic carbocycles. The predicted molar refractivity (Wildman–Crippen MR) is 92.0 cm³/mol. The molecule has 0 saturated carbocycles. The average Bonchev–Trinajstić information content (AvgIpc) is 3.06. The van der Waals surface area contributed by atoms with Crippen LogP contribution in [0.25, 0.3) is 0 Å². The highest BCUT2D eigenvalue weighted by atomic mass is 16.5. The first-order chi connectivity index (χ1) is 12.0. The first-order valence-electron chi connectivity index (χ1n) is 8.65. The molecule has 3 amide bonds. The third-order valence-electron chi connectivity index (χ3n) is 4.83. The van der Waals surface area contributed by atoms with E-state index in [0.29, 0.717) is 38.1 Å². The topological polar surface area (TPSA) is 92.9 Å². The Kier molecular flexibility index (Phi) is 5.21. The second kappa shape index (κ2) is 7.55. The number of amides is 3. The fourth-order valence-corrected chi connectivity index (χ4v) is 3.29. The van der Waals surface area contributed by atoms with Crippen LogP contribution in [-0.4, -0.2) is 48.9 Å². The maximum atomic E-state index is 12.2. The van der Waals surface area contributed by atoms with Gasteiger partial charge in [-0.05, 0) is 43.5 Å². The number of rotatable bonds is 5. The first kappa shape index (κ1) is 17.3. The van der Waals surface area contributed by atoms with E-state index in [-0.39, 0.29) is 30.2 Å². The quantitative estimate of drug-likeness (QED) is 0.859. The molecule has 2 N–H and O–H groups in total. The van der Waals surface area contributed by atoms with Crippen molar-refractivity contribution in [2.75, 3.05) is 31.1 Å². The molecule has 1 aromatic rings. The Bertz CT molecular complexity index is 651. The number of primary amides is 1. The van der Waals surface area contributed by atoms with E-state index >= 15 is 0 Å². The van der Waals surface area contributed by atoms with Gasteiger partial charge in [0.05, 0.1) is 0 Å². The lowest BCUT2D eigenvalue weighted by molar-refractivity contribution is -0.136. The molecule has 0 atom stereocenters. The van der Waals surface area contributed by atoms with Crippen molar-refractivity contribution in [2.45, 2.75) is 25.7 Å². The molecule has 2 heterocycles. The molecule has 3 rings (SSSR count). The van der Waals surface area contributed by atoms with Crippen molar-refractivity contribution in [1.82, 2.24) is 4.90 Å². The number of likely N-dealkylation sites (tertiary alicyclic amines) is 1. The van der Waals surface area contributed by atoms with E-state index in [4.69, 9.17) is 10.5 Å². The van der Waals surface area contributed by atoms with Crippen molar-refractivity contribution in [1.29, 1.82) is 0 Å². The van der Waals surface area contributed by atoms with Crippen LogP contribution in [0.5, 0.6) is 5.75 Å². The summed E-state index contributed by atoms with van der Waals surface area (Å²) in [6, 6.07) is 7.21. The van der Waals surface area contributed by atoms with E-state index in [0.717, 1.165) is 18.7 Å². The van der Waals surface area contributed by atoms with E-state index in [1.54, 1.807) is 21.9 Å². The van der Waals surface area contributed by atoms with Crippen molar-refractivity contribution in [3.63, 3.8) is 0 Å². The predicted octanol–water partition coefficient (Wildman–Crippen LogP) is 0.916. The molecule has 7 nitrogen and oxygen atoms in total. The van der Waals surface area contributed by atoms with Crippen LogP contribution in [0.4, 0.5) is 5.69 Å². The lowest BCUT2D eigenvalue weighted by Gasteiger charge is -2.30. The smallest absolute Gasteiger partial charge is 0.260 e. The highest BCUT2D eigenvalue weighted by Gasteiger charge is 2.26. The first-order valence-corrected chi connectivity index (χ1v) is 8.65. The molecule has 2 aliphatic rings. The summed E-state index contributed by atoms with van der Waals surface area (Å²) in [5.74, 6) is 0.214. The van der Waals surface area contributed by atoms with Gasteiger partial charge in [-0.1, -0.05) is 0 Å². The highest BCUT2D eigenvalue weighted by Crippen LogP contribution is 2.24. The van der Waals surface area contributed by atoms with Crippen LogP contribution < -0.4 is 15.4 Å². The molecule has 2 fully saturated rings. The van der Waals surface area contributed by atoms with Gasteiger partial charge in [-0.2, -0.15) is 0 Å². The summed E-state index contributed by atoms with van der Waals surface area (Å²) in [7, 11) is 0. The standard InChI is InChI=1S/C18H23N3O4/c19-18(24)13-7-10-20(11-8-13)17(23)12-25-15-5-3-14(4-6-15)21-9-1-2-16(21)22/h3-6,13H,1-2,7-12H2,(H2,19,24). The number of carbonyl (C=O) groups excluding carboxylic acids is 3. The molecule has 134 valence electrons. The normalized spacial score (nSPS) is 18.5. The number of nitrogens with two attached hydrogens (primary N) is 1. The van der Waals surface area contributed by atoms with Gasteiger partial charge in [-0.15, -0.1) is 0 Å². The van der Waals surface area contributed by atoms with Crippen molar-refractivity contribution in [2.24, 2.45) is 11.7 Å². The van der Waals surface area contributed by atoms with Gasteiger partial charge in [-0.25, -0.2) is 0 Å². The zero-order chi connectivity index (χ0) is 17.8. The lowest BCUT2D eigenvalue weighted by Crippen LogP contribution is -2.43. The molecule has 7 heteroatoms. The summed E-state index contributed by atoms with van der Waals surface area (Å²) in [5.41, 5.74) is 6.15. The van der Waals surface area contributed by atoms with Gasteiger partial charge < -0.3 is 20.3 Å². The Hall–Kier alpha value is -2.57. The molecule has 2 aliphatic heterocycles. The van der Waals surface area contributed by atoms with Crippen LogP contribution in [-0.2, 0) is 14.4 Å². The molecule has 0 spiro atoms. The molecule has 0 radical (unpaired) electrons. The summed E-state index contributed by atoms with van der Waals surface area (Å²) in [6.45, 7) is 1.78. The zero-order valence-electron chi connectivity index (χ0n) is 14.1. The summed E-state index contributed by atoms with van der Waals surface area (Å²) in [6.07, 6.45) is 2.70. The minimum atomic E-state index is -0.292. The van der Waals surface area contributed by atoms with Crippen LogP contribution in [0, 0.1) is 5.92 Å². The third-order valence-corrected chi connectivity index (χ3v) is 4.83. The van der Waals surface area contributed by atoms with Gasteiger partial charge in [0.1, 0.15) is 5.75 Å². The van der Waals surface area contributed by atoms with Crippen molar-refractivity contribution < 1.29 is 19.1 Å². The molecular formula is C18H23N3O4. The summed E-state index contributed by atoms with van der Waals surface area (Å²) in [5, 5.41) is 0. The van der Waals surface area contributed by atoms with Crippen molar-refractivity contribution in [3.05, 3.63) is 24.3 Å². The van der Waals surface area contributed by atoms with E-state index in [1.165, 1.54) is 0 Å². The number of ether oxygens (including phenoxy) is 1. The molecular weight excluding hydrogens is 322 g/mol. The van der Waals surface area contributed by atoms with Crippen LogP contribution in [0.15, 0.2) is 24.3 Å². The minimum absolute atomic E-state index is 0.0385. The van der Waals surface area contributed by atoms with Gasteiger partial charge in [0.25, 0.3) is 5.91 Å². The summed E-state index contributed by atoms with van der Waals surface area (Å²) in [4.78, 5) is 38.6. The van der Waals surface area contributed by atoms with Crippen molar-refractivity contribution in [3.8, 4) is 5.75 Å². The number of benzene rings is 1. The Labute approximate surface area is 146 Å². The lowest BCUT2D eigenvalue weighted by atomic mass is 9.96. The number of carbonyl (C=O) groups is 3. The average molecular weight is 345 g/mol. The molecule has 0 bridgehead atoms. The SMILES string of the molecule is NC(=O)C1CCN(C(=O)COc2ccc(N3CCCC3=O)cc2)CC1. The molecule has 0 aliphatic carbocycles. The number of hydrogen-bond acceptors (Lipinski definition) is 4. The zero-order valence-corrected chi connectivity index (χ0v) is 14.1. The van der Waals surface area contributed by atoms with Crippen molar-refractivity contribution >= 4 is 23.4 Å². The van der Waals surface area contributed by atoms with Crippen LogP contribution in [0.3, 0.4) is 0 Å². The van der Waals surface area contributed by atoms with Crippen LogP contribution in [0.2, 0.25) is 0 Å². The largest absolute Gasteiger partial charge is 0.484 e. The number of nitrogens with zero attached hydrogens (tertiary/aromatic N) is 2. The van der Waals surface area contributed by atoms with E-state index < -0.39 is 0 Å². The Morgan fingerprint density at radius 2 is 1.80 bits per heavy atom. The molecule has 0 unspecified atom stereocenters. The fourth-order valence-electron chi connectivity index (χ4n) is 3.29. The Morgan fingerprint density at radius 1 is 1.12 bits per heavy atom. The van der Waals surface area contributed by atoms with Gasteiger partial charge in [0, 0.05) is 37.7 Å². The van der Waals surface area contributed by atoms with Gasteiger partial charge in [0.2, 0.25) is 11.8 Å². The van der Waals surface area contributed by atoms with Crippen LogP contribution in [0.1, 0.15) is 25.7 Å². The minimum Gasteiger partial charge on any atom is -0.484 e.